The van der Waals surface area contributed by atoms with Crippen LogP contribution >= 0.6 is 0 Å². The van der Waals surface area contributed by atoms with Crippen LogP contribution in [0.25, 0.3) is 0 Å². The van der Waals surface area contributed by atoms with Gasteiger partial charge >= 0.3 is 0 Å². The average Bonchev–Trinajstić information content (AvgIpc) is 3.07. The molecule has 6 heteroatoms. The quantitative estimate of drug-likeness (QED) is 0.873. The van der Waals surface area contributed by atoms with Crippen molar-refractivity contribution < 1.29 is 9.47 Å². The van der Waals surface area contributed by atoms with Crippen molar-refractivity contribution in [2.75, 3.05) is 33.9 Å². The van der Waals surface area contributed by atoms with Gasteiger partial charge in [-0.2, -0.15) is 5.10 Å². The lowest BCUT2D eigenvalue weighted by atomic mass is 10.0. The number of likely N-dealkylation sites (N-methyl/N-ethyl adjacent to an activating group) is 1. The van der Waals surface area contributed by atoms with E-state index in [1.165, 1.54) is 19.4 Å². The van der Waals surface area contributed by atoms with Gasteiger partial charge in [-0.25, -0.2) is 0 Å². The van der Waals surface area contributed by atoms with E-state index in [0.29, 0.717) is 6.04 Å². The molecule has 2 saturated heterocycles. The summed E-state index contributed by atoms with van der Waals surface area (Å²) in [4.78, 5) is 2.56. The highest BCUT2D eigenvalue weighted by Gasteiger charge is 2.37. The summed E-state index contributed by atoms with van der Waals surface area (Å²) >= 11 is 0. The average molecular weight is 280 g/mol. The van der Waals surface area contributed by atoms with E-state index in [9.17, 15) is 0 Å². The zero-order valence-electron chi connectivity index (χ0n) is 12.5. The topological polar surface area (TPSA) is 51.5 Å². The molecule has 3 unspecified atom stereocenters. The number of morpholine rings is 1. The summed E-state index contributed by atoms with van der Waals surface area (Å²) in [5, 5.41) is 7.68. The van der Waals surface area contributed by atoms with Crippen LogP contribution < -0.4 is 10.1 Å². The molecule has 0 spiro atoms. The first-order chi connectivity index (χ1) is 9.74. The number of methoxy groups -OCH3 is 1. The van der Waals surface area contributed by atoms with E-state index in [0.717, 1.165) is 24.6 Å². The van der Waals surface area contributed by atoms with Crippen LogP contribution in [0.4, 0.5) is 0 Å². The molecule has 1 N–H and O–H groups in total. The van der Waals surface area contributed by atoms with Crippen molar-refractivity contribution in [2.45, 2.75) is 31.0 Å². The summed E-state index contributed by atoms with van der Waals surface area (Å²) in [6.45, 7) is 3.01. The van der Waals surface area contributed by atoms with E-state index in [2.05, 4.69) is 15.3 Å². The number of fused-ring (bicyclic) bond motifs is 1. The van der Waals surface area contributed by atoms with Crippen LogP contribution in [0.15, 0.2) is 6.20 Å². The van der Waals surface area contributed by atoms with Crippen LogP contribution in [-0.2, 0) is 11.8 Å². The first-order valence-electron chi connectivity index (χ1n) is 7.33. The van der Waals surface area contributed by atoms with Gasteiger partial charge in [0.15, 0.2) is 5.75 Å². The third-order valence-electron chi connectivity index (χ3n) is 4.56. The highest BCUT2D eigenvalue weighted by molar-refractivity contribution is 5.29. The predicted octanol–water partition coefficient (Wildman–Crippen LogP) is 0.552. The van der Waals surface area contributed by atoms with Crippen molar-refractivity contribution in [1.82, 2.24) is 20.0 Å². The molecule has 6 nitrogen and oxygen atoms in total. The Morgan fingerprint density at radius 1 is 1.55 bits per heavy atom. The molecule has 0 amide bonds. The standard InChI is InChI=1S/C14H24N4O2/c1-15-13(14-11(19-3)7-16-17(14)2)12-8-18-6-4-5-10(18)9-20-12/h7,10,12-13,15H,4-6,8-9H2,1-3H3. The molecule has 2 fully saturated rings. The number of aryl methyl sites for hydroxylation is 1. The molecule has 0 radical (unpaired) electrons. The lowest BCUT2D eigenvalue weighted by molar-refractivity contribution is -0.0655. The van der Waals surface area contributed by atoms with Gasteiger partial charge in [0, 0.05) is 19.6 Å². The number of ether oxygens (including phenoxy) is 2. The second-order valence-corrected chi connectivity index (χ2v) is 5.65. The van der Waals surface area contributed by atoms with E-state index in [4.69, 9.17) is 9.47 Å². The molecule has 20 heavy (non-hydrogen) atoms. The van der Waals surface area contributed by atoms with Crippen LogP contribution in [-0.4, -0.2) is 60.7 Å². The molecule has 3 rings (SSSR count). The van der Waals surface area contributed by atoms with Crippen LogP contribution in [0.2, 0.25) is 0 Å². The van der Waals surface area contributed by atoms with Crippen LogP contribution in [0.5, 0.6) is 5.75 Å². The molecule has 3 heterocycles. The van der Waals surface area contributed by atoms with Gasteiger partial charge in [-0.05, 0) is 26.4 Å². The molecule has 3 atom stereocenters. The van der Waals surface area contributed by atoms with E-state index in [1.807, 2.05) is 18.8 Å². The highest BCUT2D eigenvalue weighted by Crippen LogP contribution is 2.32. The molecule has 112 valence electrons. The minimum Gasteiger partial charge on any atom is -0.493 e. The zero-order valence-corrected chi connectivity index (χ0v) is 12.5. The summed E-state index contributed by atoms with van der Waals surface area (Å²) < 4.78 is 13.4. The van der Waals surface area contributed by atoms with Crippen LogP contribution in [0.3, 0.4) is 0 Å². The van der Waals surface area contributed by atoms with Gasteiger partial charge in [-0.1, -0.05) is 0 Å². The fraction of sp³-hybridized carbons (Fsp3) is 0.786. The molecular formula is C14H24N4O2. The summed E-state index contributed by atoms with van der Waals surface area (Å²) in [6, 6.07) is 0.719. The molecular weight excluding hydrogens is 256 g/mol. The third-order valence-corrected chi connectivity index (χ3v) is 4.56. The minimum absolute atomic E-state index is 0.0963. The van der Waals surface area contributed by atoms with Gasteiger partial charge in [0.1, 0.15) is 0 Å². The molecule has 1 aromatic rings. The second-order valence-electron chi connectivity index (χ2n) is 5.65. The highest BCUT2D eigenvalue weighted by atomic mass is 16.5. The van der Waals surface area contributed by atoms with E-state index in [-0.39, 0.29) is 12.1 Å². The van der Waals surface area contributed by atoms with Crippen molar-refractivity contribution >= 4 is 0 Å². The fourth-order valence-electron chi connectivity index (χ4n) is 3.48. The maximum Gasteiger partial charge on any atom is 0.161 e. The Kier molecular flexibility index (Phi) is 3.96. The van der Waals surface area contributed by atoms with Gasteiger partial charge in [-0.15, -0.1) is 0 Å². The number of rotatable bonds is 4. The molecule has 0 aliphatic carbocycles. The number of nitrogens with zero attached hydrogens (tertiary/aromatic N) is 3. The van der Waals surface area contributed by atoms with Crippen molar-refractivity contribution in [3.63, 3.8) is 0 Å². The number of nitrogens with one attached hydrogen (secondary N) is 1. The Morgan fingerprint density at radius 3 is 3.15 bits per heavy atom. The maximum absolute atomic E-state index is 6.12. The molecule has 0 aromatic carbocycles. The minimum atomic E-state index is 0.0963. The SMILES string of the molecule is CNC(c1c(OC)cnn1C)C1CN2CCCC2CO1. The number of aromatic nitrogens is 2. The summed E-state index contributed by atoms with van der Waals surface area (Å²) in [6.07, 6.45) is 4.46. The van der Waals surface area contributed by atoms with Crippen LogP contribution in [0.1, 0.15) is 24.6 Å². The lowest BCUT2D eigenvalue weighted by Gasteiger charge is -2.38. The van der Waals surface area contributed by atoms with E-state index >= 15 is 0 Å². The van der Waals surface area contributed by atoms with Crippen molar-refractivity contribution in [3.8, 4) is 5.75 Å². The smallest absolute Gasteiger partial charge is 0.161 e. The largest absolute Gasteiger partial charge is 0.493 e. The molecule has 1 aromatic heterocycles. The summed E-state index contributed by atoms with van der Waals surface area (Å²) in [5.41, 5.74) is 1.05. The van der Waals surface area contributed by atoms with Crippen molar-refractivity contribution in [1.29, 1.82) is 0 Å². The van der Waals surface area contributed by atoms with Gasteiger partial charge in [0.05, 0.1) is 37.8 Å². The molecule has 2 aliphatic rings. The Morgan fingerprint density at radius 2 is 2.40 bits per heavy atom. The Bertz CT molecular complexity index is 462. The lowest BCUT2D eigenvalue weighted by Crippen LogP contribution is -2.50. The molecule has 0 bridgehead atoms. The summed E-state index contributed by atoms with van der Waals surface area (Å²) in [7, 11) is 5.60. The number of hydrogen-bond acceptors (Lipinski definition) is 5. The normalized spacial score (nSPS) is 28.4. The molecule has 0 saturated carbocycles. The fourth-order valence-corrected chi connectivity index (χ4v) is 3.48. The van der Waals surface area contributed by atoms with Crippen molar-refractivity contribution in [2.24, 2.45) is 7.05 Å². The zero-order chi connectivity index (χ0) is 14.1. The monoisotopic (exact) mass is 280 g/mol. The maximum atomic E-state index is 6.12. The van der Waals surface area contributed by atoms with Crippen molar-refractivity contribution in [3.05, 3.63) is 11.9 Å². The summed E-state index contributed by atoms with van der Waals surface area (Å²) in [5.74, 6) is 0.819. The Balaban J connectivity index is 1.81. The van der Waals surface area contributed by atoms with E-state index < -0.39 is 0 Å². The third kappa shape index (κ3) is 2.32. The second kappa shape index (κ2) is 5.71. The number of hydrogen-bond donors (Lipinski definition) is 1. The Hall–Kier alpha value is -1.11. The van der Waals surface area contributed by atoms with Gasteiger partial charge in [0.25, 0.3) is 0 Å². The van der Waals surface area contributed by atoms with E-state index in [1.54, 1.807) is 13.3 Å². The first kappa shape index (κ1) is 13.9. The first-order valence-corrected chi connectivity index (χ1v) is 7.33. The predicted molar refractivity (Wildman–Crippen MR) is 75.9 cm³/mol. The van der Waals surface area contributed by atoms with Crippen LogP contribution in [0, 0.1) is 0 Å². The van der Waals surface area contributed by atoms with Gasteiger partial charge in [-0.3, -0.25) is 9.58 Å². The van der Waals surface area contributed by atoms with Gasteiger partial charge < -0.3 is 14.8 Å². The molecule has 2 aliphatic heterocycles. The van der Waals surface area contributed by atoms with Gasteiger partial charge in [0.2, 0.25) is 0 Å². The Labute approximate surface area is 120 Å².